The first-order valence-corrected chi connectivity index (χ1v) is 4.15. The van der Waals surface area contributed by atoms with Crippen LogP contribution in [-0.4, -0.2) is 23.4 Å². The lowest BCUT2D eigenvalue weighted by Crippen LogP contribution is -2.26. The van der Waals surface area contributed by atoms with E-state index in [9.17, 15) is 4.79 Å². The Morgan fingerprint density at radius 2 is 2.73 bits per heavy atom. The lowest BCUT2D eigenvalue weighted by Gasteiger charge is -1.98. The maximum atomic E-state index is 10.8. The van der Waals surface area contributed by atoms with Crippen molar-refractivity contribution in [2.45, 2.75) is 6.42 Å². The number of hydrogen-bond acceptors (Lipinski definition) is 4. The maximum Gasteiger partial charge on any atom is 0.240 e. The Labute approximate surface area is 68.7 Å². The fourth-order valence-electron chi connectivity index (χ4n) is 0.646. The number of amides is 1. The van der Waals surface area contributed by atoms with Gasteiger partial charge < -0.3 is 5.32 Å². The molecule has 0 spiro atoms. The summed E-state index contributed by atoms with van der Waals surface area (Å²) < 4.78 is 0. The normalized spacial score (nSPS) is 15.4. The van der Waals surface area contributed by atoms with E-state index in [1.807, 2.05) is 0 Å². The van der Waals surface area contributed by atoms with Crippen LogP contribution >= 0.6 is 11.8 Å². The van der Waals surface area contributed by atoms with Crippen LogP contribution in [0.4, 0.5) is 0 Å². The molecule has 0 saturated heterocycles. The Kier molecular flexibility index (Phi) is 2.93. The minimum Gasteiger partial charge on any atom is -0.305 e. The summed E-state index contributed by atoms with van der Waals surface area (Å²) in [4.78, 5) is 14.8. The molecule has 1 rings (SSSR count). The second kappa shape index (κ2) is 3.98. The van der Waals surface area contributed by atoms with Crippen LogP contribution in [0, 0.1) is 11.3 Å². The molecule has 0 fully saturated rings. The Bertz CT molecular complexity index is 230. The monoisotopic (exact) mass is 169 g/mol. The fourth-order valence-corrected chi connectivity index (χ4v) is 1.39. The molecule has 1 aliphatic rings. The van der Waals surface area contributed by atoms with Crippen LogP contribution in [0.3, 0.4) is 0 Å². The molecule has 0 aromatic rings. The summed E-state index contributed by atoms with van der Waals surface area (Å²) in [7, 11) is 0. The number of carbonyl (C=O) groups excluding carboxylic acids is 1. The lowest BCUT2D eigenvalue weighted by molar-refractivity contribution is -0.118. The van der Waals surface area contributed by atoms with Crippen LogP contribution < -0.4 is 5.32 Å². The van der Waals surface area contributed by atoms with Crippen LogP contribution in [0.25, 0.3) is 0 Å². The number of nitrogens with one attached hydrogen (secondary N) is 1. The highest BCUT2D eigenvalue weighted by Crippen LogP contribution is 2.08. The van der Waals surface area contributed by atoms with Gasteiger partial charge in [-0.2, -0.15) is 5.26 Å². The molecular weight excluding hydrogens is 162 g/mol. The van der Waals surface area contributed by atoms with Gasteiger partial charge in [0.15, 0.2) is 5.17 Å². The van der Waals surface area contributed by atoms with Gasteiger partial charge in [-0.25, -0.2) is 0 Å². The van der Waals surface area contributed by atoms with E-state index in [1.54, 1.807) is 6.07 Å². The molecule has 1 heterocycles. The van der Waals surface area contributed by atoms with Crippen molar-refractivity contribution in [3.05, 3.63) is 0 Å². The van der Waals surface area contributed by atoms with Gasteiger partial charge in [-0.3, -0.25) is 9.79 Å². The Morgan fingerprint density at radius 1 is 1.91 bits per heavy atom. The van der Waals surface area contributed by atoms with Crippen molar-refractivity contribution in [2.75, 3.05) is 12.3 Å². The molecule has 1 aliphatic heterocycles. The Balaban J connectivity index is 2.31. The Morgan fingerprint density at radius 3 is 3.27 bits per heavy atom. The quantitative estimate of drug-likeness (QED) is 0.606. The van der Waals surface area contributed by atoms with Crippen molar-refractivity contribution < 1.29 is 4.79 Å². The van der Waals surface area contributed by atoms with E-state index in [2.05, 4.69) is 10.3 Å². The highest BCUT2D eigenvalue weighted by molar-refractivity contribution is 8.14. The summed E-state index contributed by atoms with van der Waals surface area (Å²) in [5, 5.41) is 11.3. The van der Waals surface area contributed by atoms with Crippen molar-refractivity contribution in [1.82, 2.24) is 5.32 Å². The zero-order chi connectivity index (χ0) is 8.10. The van der Waals surface area contributed by atoms with E-state index in [4.69, 9.17) is 5.26 Å². The van der Waals surface area contributed by atoms with E-state index in [0.717, 1.165) is 12.3 Å². The topological polar surface area (TPSA) is 65.2 Å². The summed E-state index contributed by atoms with van der Waals surface area (Å²) in [5.74, 6) is 0.642. The molecule has 1 N–H and O–H groups in total. The van der Waals surface area contributed by atoms with Crippen molar-refractivity contribution in [1.29, 1.82) is 5.26 Å². The van der Waals surface area contributed by atoms with Gasteiger partial charge in [-0.1, -0.05) is 11.8 Å². The number of nitriles is 1. The van der Waals surface area contributed by atoms with Crippen molar-refractivity contribution in [3.8, 4) is 6.07 Å². The SMILES string of the molecule is N#CCC(=O)NC1=NCCS1. The summed E-state index contributed by atoms with van der Waals surface area (Å²) in [6.07, 6.45) is -0.0976. The molecule has 4 nitrogen and oxygen atoms in total. The summed E-state index contributed by atoms with van der Waals surface area (Å²) in [6, 6.07) is 1.77. The first-order chi connectivity index (χ1) is 5.33. The van der Waals surface area contributed by atoms with Gasteiger partial charge in [0.2, 0.25) is 5.91 Å². The standard InChI is InChI=1S/C6H7N3OS/c7-2-1-5(10)9-6-8-3-4-11-6/h1,3-4H2,(H,8,9,10). The summed E-state index contributed by atoms with van der Waals surface area (Å²) in [5.41, 5.74) is 0. The largest absolute Gasteiger partial charge is 0.305 e. The van der Waals surface area contributed by atoms with E-state index < -0.39 is 0 Å². The first-order valence-electron chi connectivity index (χ1n) is 3.17. The number of rotatable bonds is 1. The fraction of sp³-hybridized carbons (Fsp3) is 0.500. The smallest absolute Gasteiger partial charge is 0.240 e. The highest BCUT2D eigenvalue weighted by atomic mass is 32.2. The number of aliphatic imine (C=N–C) groups is 1. The van der Waals surface area contributed by atoms with Crippen LogP contribution in [-0.2, 0) is 4.79 Å². The molecule has 0 aliphatic carbocycles. The molecule has 0 radical (unpaired) electrons. The van der Waals surface area contributed by atoms with Gasteiger partial charge in [-0.05, 0) is 0 Å². The zero-order valence-electron chi connectivity index (χ0n) is 5.83. The average Bonchev–Trinajstić information content (AvgIpc) is 2.40. The van der Waals surface area contributed by atoms with Crippen LogP contribution in [0.5, 0.6) is 0 Å². The van der Waals surface area contributed by atoms with Gasteiger partial charge in [0.1, 0.15) is 6.42 Å². The van der Waals surface area contributed by atoms with Gasteiger partial charge >= 0.3 is 0 Å². The highest BCUT2D eigenvalue weighted by Gasteiger charge is 2.09. The van der Waals surface area contributed by atoms with Crippen LogP contribution in [0.15, 0.2) is 4.99 Å². The van der Waals surface area contributed by atoms with Gasteiger partial charge in [0.25, 0.3) is 0 Å². The molecule has 58 valence electrons. The zero-order valence-corrected chi connectivity index (χ0v) is 6.65. The lowest BCUT2D eigenvalue weighted by atomic mass is 10.4. The van der Waals surface area contributed by atoms with Crippen LogP contribution in [0.2, 0.25) is 0 Å². The van der Waals surface area contributed by atoms with Gasteiger partial charge in [-0.15, -0.1) is 0 Å². The molecule has 0 aromatic heterocycles. The number of thioether (sulfide) groups is 1. The average molecular weight is 169 g/mol. The molecule has 0 saturated carbocycles. The van der Waals surface area contributed by atoms with Gasteiger partial charge in [0.05, 0.1) is 12.6 Å². The maximum absolute atomic E-state index is 10.8. The first kappa shape index (κ1) is 8.08. The summed E-state index contributed by atoms with van der Waals surface area (Å²) >= 11 is 1.51. The van der Waals surface area contributed by atoms with E-state index in [0.29, 0.717) is 5.17 Å². The number of carbonyl (C=O) groups is 1. The molecule has 0 unspecified atom stereocenters. The molecule has 0 aromatic carbocycles. The van der Waals surface area contributed by atoms with Crippen molar-refractivity contribution >= 4 is 22.8 Å². The molecular formula is C6H7N3OS. The molecule has 0 atom stereocenters. The third kappa shape index (κ3) is 2.60. The third-order valence-corrected chi connectivity index (χ3v) is 1.96. The van der Waals surface area contributed by atoms with Crippen molar-refractivity contribution in [3.63, 3.8) is 0 Å². The second-order valence-corrected chi connectivity index (χ2v) is 3.00. The van der Waals surface area contributed by atoms with Crippen molar-refractivity contribution in [2.24, 2.45) is 4.99 Å². The van der Waals surface area contributed by atoms with Gasteiger partial charge in [0, 0.05) is 5.75 Å². The molecule has 5 heteroatoms. The number of hydrogen-bond donors (Lipinski definition) is 1. The molecule has 0 bridgehead atoms. The number of amidine groups is 1. The second-order valence-electron chi connectivity index (χ2n) is 1.92. The van der Waals surface area contributed by atoms with E-state index in [-0.39, 0.29) is 12.3 Å². The number of nitrogens with zero attached hydrogens (tertiary/aromatic N) is 2. The Hall–Kier alpha value is -1.02. The minimum absolute atomic E-state index is 0.0976. The molecule has 11 heavy (non-hydrogen) atoms. The minimum atomic E-state index is -0.277. The summed E-state index contributed by atoms with van der Waals surface area (Å²) in [6.45, 7) is 0.757. The predicted molar refractivity (Wildman–Crippen MR) is 43.1 cm³/mol. The third-order valence-electron chi connectivity index (χ3n) is 1.07. The predicted octanol–water partition coefficient (Wildman–Crippen LogP) is 0.119. The van der Waals surface area contributed by atoms with E-state index >= 15 is 0 Å². The van der Waals surface area contributed by atoms with E-state index in [1.165, 1.54) is 11.8 Å². The molecule has 1 amide bonds. The van der Waals surface area contributed by atoms with Crippen LogP contribution in [0.1, 0.15) is 6.42 Å².